The molecule has 1 aliphatic rings. The average molecular weight is 380 g/mol. The van der Waals surface area contributed by atoms with E-state index in [-0.39, 0.29) is 0 Å². The summed E-state index contributed by atoms with van der Waals surface area (Å²) in [7, 11) is 1.66. The van der Waals surface area contributed by atoms with Crippen molar-refractivity contribution in [2.24, 2.45) is 0 Å². The number of nitrogens with one attached hydrogen (secondary N) is 2. The number of hydrogen-bond donors (Lipinski definition) is 2. The van der Waals surface area contributed by atoms with E-state index in [1.807, 2.05) is 48.3 Å². The van der Waals surface area contributed by atoms with E-state index >= 15 is 0 Å². The largest absolute Gasteiger partial charge is 0.494 e. The fourth-order valence-electron chi connectivity index (χ4n) is 3.35. The number of benzene rings is 1. The first-order valence-corrected chi connectivity index (χ1v) is 9.34. The molecule has 8 nitrogen and oxygen atoms in total. The number of anilines is 4. The monoisotopic (exact) mass is 380 g/mol. The third-order valence-corrected chi connectivity index (χ3v) is 4.78. The highest BCUT2D eigenvalue weighted by Crippen LogP contribution is 2.30. The van der Waals surface area contributed by atoms with Crippen LogP contribution in [0.4, 0.5) is 23.0 Å². The molecule has 0 unspecified atom stereocenters. The molecule has 28 heavy (non-hydrogen) atoms. The number of rotatable bonds is 6. The van der Waals surface area contributed by atoms with Crippen molar-refractivity contribution in [1.29, 1.82) is 0 Å². The molecule has 2 N–H and O–H groups in total. The van der Waals surface area contributed by atoms with Crippen LogP contribution in [0.25, 0.3) is 0 Å². The van der Waals surface area contributed by atoms with E-state index in [9.17, 15) is 0 Å². The van der Waals surface area contributed by atoms with Crippen LogP contribution in [0.2, 0.25) is 0 Å². The molecule has 0 bridgehead atoms. The number of ether oxygens (including phenoxy) is 2. The van der Waals surface area contributed by atoms with Crippen LogP contribution in [0.3, 0.4) is 0 Å². The van der Waals surface area contributed by atoms with Gasteiger partial charge in [-0.15, -0.1) is 0 Å². The lowest BCUT2D eigenvalue weighted by atomic mass is 10.1. The summed E-state index contributed by atoms with van der Waals surface area (Å²) in [6.45, 7) is 3.58. The van der Waals surface area contributed by atoms with E-state index in [0.717, 1.165) is 48.7 Å². The number of hydrogen-bond acceptors (Lipinski definition) is 7. The second-order valence-electron chi connectivity index (χ2n) is 6.75. The molecule has 1 saturated heterocycles. The van der Waals surface area contributed by atoms with Crippen molar-refractivity contribution in [3.63, 3.8) is 0 Å². The quantitative estimate of drug-likeness (QED) is 0.672. The summed E-state index contributed by atoms with van der Waals surface area (Å²) < 4.78 is 12.9. The highest BCUT2D eigenvalue weighted by molar-refractivity contribution is 5.68. The summed E-state index contributed by atoms with van der Waals surface area (Å²) in [5.41, 5.74) is 2.81. The van der Waals surface area contributed by atoms with Crippen LogP contribution in [-0.4, -0.2) is 40.1 Å². The fraction of sp³-hybridized carbons (Fsp3) is 0.350. The Labute approximate surface area is 163 Å². The van der Waals surface area contributed by atoms with Crippen LogP contribution < -0.4 is 15.4 Å². The minimum atomic E-state index is 0.390. The van der Waals surface area contributed by atoms with E-state index in [1.54, 1.807) is 7.11 Å². The molecule has 3 aromatic rings. The molecule has 8 heteroatoms. The van der Waals surface area contributed by atoms with Gasteiger partial charge in [0.2, 0.25) is 0 Å². The Morgan fingerprint density at radius 1 is 1.14 bits per heavy atom. The normalized spacial score (nSPS) is 14.6. The molecule has 0 amide bonds. The second kappa shape index (κ2) is 8.26. The maximum absolute atomic E-state index is 5.49. The first-order valence-electron chi connectivity index (χ1n) is 9.34. The third kappa shape index (κ3) is 4.07. The molecule has 1 fully saturated rings. The highest BCUT2D eigenvalue weighted by Gasteiger charge is 2.16. The predicted octanol–water partition coefficient (Wildman–Crippen LogP) is 3.83. The number of aromatic nitrogens is 4. The zero-order valence-electron chi connectivity index (χ0n) is 16.1. The summed E-state index contributed by atoms with van der Waals surface area (Å²) in [6.07, 6.45) is 7.32. The molecule has 1 aromatic carbocycles. The second-order valence-corrected chi connectivity index (χ2v) is 6.75. The Balaban J connectivity index is 1.47. The molecule has 0 saturated carbocycles. The van der Waals surface area contributed by atoms with Crippen molar-refractivity contribution in [2.75, 3.05) is 31.0 Å². The Morgan fingerprint density at radius 2 is 1.93 bits per heavy atom. The molecule has 3 heterocycles. The van der Waals surface area contributed by atoms with Gasteiger partial charge < -0.3 is 20.1 Å². The smallest absolute Gasteiger partial charge is 0.145 e. The maximum atomic E-state index is 5.49. The van der Waals surface area contributed by atoms with Crippen LogP contribution in [0.5, 0.6) is 5.75 Å². The van der Waals surface area contributed by atoms with Crippen LogP contribution in [0.1, 0.15) is 24.4 Å². The van der Waals surface area contributed by atoms with Gasteiger partial charge in [-0.25, -0.2) is 9.97 Å². The number of nitrogens with zero attached hydrogens (tertiary/aromatic N) is 4. The molecule has 4 rings (SSSR count). The summed E-state index contributed by atoms with van der Waals surface area (Å²) >= 11 is 0. The molecule has 0 spiro atoms. The minimum absolute atomic E-state index is 0.390. The van der Waals surface area contributed by atoms with E-state index in [4.69, 9.17) is 9.47 Å². The lowest BCUT2D eigenvalue weighted by Crippen LogP contribution is -2.19. The summed E-state index contributed by atoms with van der Waals surface area (Å²) in [6, 6.07) is 8.19. The first-order chi connectivity index (χ1) is 13.7. The molecule has 0 atom stereocenters. The van der Waals surface area contributed by atoms with Crippen molar-refractivity contribution in [1.82, 2.24) is 19.7 Å². The predicted molar refractivity (Wildman–Crippen MR) is 108 cm³/mol. The summed E-state index contributed by atoms with van der Waals surface area (Å²) in [4.78, 5) is 8.62. The SMILES string of the molecule is COc1c(C)cccc1Nc1cc(Nc2cnn(C3CCOCC3)c2)ncn1. The third-order valence-electron chi connectivity index (χ3n) is 4.78. The van der Waals surface area contributed by atoms with Gasteiger partial charge in [-0.3, -0.25) is 4.68 Å². The Morgan fingerprint density at radius 3 is 2.71 bits per heavy atom. The van der Waals surface area contributed by atoms with Gasteiger partial charge in [0.25, 0.3) is 0 Å². The molecular weight excluding hydrogens is 356 g/mol. The van der Waals surface area contributed by atoms with Gasteiger partial charge in [0, 0.05) is 25.5 Å². The van der Waals surface area contributed by atoms with E-state index in [2.05, 4.69) is 25.7 Å². The molecule has 1 aliphatic heterocycles. The van der Waals surface area contributed by atoms with Gasteiger partial charge in [0.1, 0.15) is 23.7 Å². The highest BCUT2D eigenvalue weighted by atomic mass is 16.5. The minimum Gasteiger partial charge on any atom is -0.494 e. The van der Waals surface area contributed by atoms with Crippen molar-refractivity contribution in [3.05, 3.63) is 48.5 Å². The van der Waals surface area contributed by atoms with Crippen molar-refractivity contribution in [2.45, 2.75) is 25.8 Å². The topological polar surface area (TPSA) is 86.1 Å². The van der Waals surface area contributed by atoms with Crippen molar-refractivity contribution >= 4 is 23.0 Å². The van der Waals surface area contributed by atoms with E-state index in [1.165, 1.54) is 6.33 Å². The average Bonchev–Trinajstić information content (AvgIpc) is 3.18. The van der Waals surface area contributed by atoms with Crippen molar-refractivity contribution < 1.29 is 9.47 Å². The van der Waals surface area contributed by atoms with E-state index in [0.29, 0.717) is 17.7 Å². The lowest BCUT2D eigenvalue weighted by Gasteiger charge is -2.22. The van der Waals surface area contributed by atoms with Gasteiger partial charge in [-0.05, 0) is 31.4 Å². The maximum Gasteiger partial charge on any atom is 0.145 e. The standard InChI is InChI=1S/C20H24N6O2/c1-14-4-3-5-17(20(14)27-2)25-19-10-18(21-13-22-19)24-15-11-23-26(12-15)16-6-8-28-9-7-16/h3-5,10-13,16H,6-9H2,1-2H3,(H2,21,22,24,25). The van der Waals surface area contributed by atoms with Crippen LogP contribution in [-0.2, 0) is 4.74 Å². The Bertz CT molecular complexity index is 936. The Hall–Kier alpha value is -3.13. The number of aryl methyl sites for hydroxylation is 1. The van der Waals surface area contributed by atoms with Gasteiger partial charge in [-0.2, -0.15) is 5.10 Å². The van der Waals surface area contributed by atoms with Crippen LogP contribution in [0, 0.1) is 6.92 Å². The number of para-hydroxylation sites is 1. The first kappa shape index (κ1) is 18.2. The van der Waals surface area contributed by atoms with E-state index < -0.39 is 0 Å². The van der Waals surface area contributed by atoms with Crippen molar-refractivity contribution in [3.8, 4) is 5.75 Å². The van der Waals surface area contributed by atoms with Gasteiger partial charge >= 0.3 is 0 Å². The number of methoxy groups -OCH3 is 1. The molecule has 0 aliphatic carbocycles. The molecule has 0 radical (unpaired) electrons. The van der Waals surface area contributed by atoms with Gasteiger partial charge in [-0.1, -0.05) is 12.1 Å². The Kier molecular flexibility index (Phi) is 5.38. The zero-order valence-corrected chi connectivity index (χ0v) is 16.1. The van der Waals surface area contributed by atoms with Crippen LogP contribution in [0.15, 0.2) is 43.0 Å². The summed E-state index contributed by atoms with van der Waals surface area (Å²) in [5, 5.41) is 11.1. The van der Waals surface area contributed by atoms with Gasteiger partial charge in [0.15, 0.2) is 0 Å². The molecule has 2 aromatic heterocycles. The molecular formula is C20H24N6O2. The van der Waals surface area contributed by atoms with Crippen LogP contribution >= 0.6 is 0 Å². The summed E-state index contributed by atoms with van der Waals surface area (Å²) in [5.74, 6) is 2.17. The fourth-order valence-corrected chi connectivity index (χ4v) is 3.35. The molecule has 146 valence electrons. The lowest BCUT2D eigenvalue weighted by molar-refractivity contribution is 0.0662. The zero-order chi connectivity index (χ0) is 19.3. The van der Waals surface area contributed by atoms with Gasteiger partial charge in [0.05, 0.1) is 30.7 Å².